The number of hydrogen-bond acceptors (Lipinski definition) is 5. The lowest BCUT2D eigenvalue weighted by Gasteiger charge is -2.22. The standard InChI is InChI=1S/C20H34N6O3S/c1-14(2)26-12-15(3)18(13-26)24-20(23-11-19(27)25(4)5)22-10-16-6-8-17(9-7-16)30(21,28)29/h6-9,14-15,18H,10-13H2,1-5H3,(H2,21,28,29)(H2,22,23,24). The van der Waals surface area contributed by atoms with Crippen molar-refractivity contribution < 1.29 is 13.2 Å². The minimum absolute atomic E-state index is 0.0507. The Hall–Kier alpha value is -2.17. The van der Waals surface area contributed by atoms with E-state index in [1.54, 1.807) is 26.2 Å². The van der Waals surface area contributed by atoms with Crippen molar-refractivity contribution in [1.29, 1.82) is 0 Å². The largest absolute Gasteiger partial charge is 0.352 e. The van der Waals surface area contributed by atoms with Gasteiger partial charge >= 0.3 is 0 Å². The van der Waals surface area contributed by atoms with E-state index in [0.717, 1.165) is 18.7 Å². The normalized spacial score (nSPS) is 20.4. The molecule has 30 heavy (non-hydrogen) atoms. The monoisotopic (exact) mass is 438 g/mol. The summed E-state index contributed by atoms with van der Waals surface area (Å²) in [6.45, 7) is 8.96. The van der Waals surface area contributed by atoms with Gasteiger partial charge in [0.25, 0.3) is 0 Å². The van der Waals surface area contributed by atoms with Crippen LogP contribution in [0.4, 0.5) is 0 Å². The van der Waals surface area contributed by atoms with Crippen LogP contribution in [0.3, 0.4) is 0 Å². The van der Waals surface area contributed by atoms with E-state index in [-0.39, 0.29) is 23.4 Å². The second-order valence-electron chi connectivity index (χ2n) is 8.27. The minimum Gasteiger partial charge on any atom is -0.352 e. The zero-order chi connectivity index (χ0) is 22.5. The predicted octanol–water partition coefficient (Wildman–Crippen LogP) is 0.186. The molecule has 1 heterocycles. The third kappa shape index (κ3) is 6.96. The van der Waals surface area contributed by atoms with Crippen LogP contribution in [-0.4, -0.2) is 75.9 Å². The molecule has 2 atom stereocenters. The van der Waals surface area contributed by atoms with Crippen molar-refractivity contribution in [3.8, 4) is 0 Å². The lowest BCUT2D eigenvalue weighted by atomic mass is 10.1. The van der Waals surface area contributed by atoms with Gasteiger partial charge in [-0.1, -0.05) is 19.1 Å². The molecule has 0 saturated carbocycles. The number of benzene rings is 1. The van der Waals surface area contributed by atoms with Crippen LogP contribution in [0.25, 0.3) is 0 Å². The molecule has 1 amide bonds. The SMILES string of the molecule is CC1CN(C(C)C)CC1NC(=NCc1ccc(S(N)(=O)=O)cc1)NCC(=O)N(C)C. The van der Waals surface area contributed by atoms with E-state index in [9.17, 15) is 13.2 Å². The molecule has 0 spiro atoms. The molecular weight excluding hydrogens is 404 g/mol. The number of carbonyl (C=O) groups excluding carboxylic acids is 1. The van der Waals surface area contributed by atoms with Gasteiger partial charge in [0.05, 0.1) is 18.0 Å². The number of nitrogens with zero attached hydrogens (tertiary/aromatic N) is 3. The van der Waals surface area contributed by atoms with Crippen LogP contribution in [0, 0.1) is 5.92 Å². The fourth-order valence-corrected chi connectivity index (χ4v) is 3.73. The van der Waals surface area contributed by atoms with Crippen molar-refractivity contribution >= 4 is 21.9 Å². The average Bonchev–Trinajstić information content (AvgIpc) is 3.04. The van der Waals surface area contributed by atoms with E-state index >= 15 is 0 Å². The highest BCUT2D eigenvalue weighted by Gasteiger charge is 2.31. The first kappa shape index (κ1) is 24.1. The van der Waals surface area contributed by atoms with Crippen molar-refractivity contribution in [3.05, 3.63) is 29.8 Å². The molecule has 0 aliphatic carbocycles. The maximum Gasteiger partial charge on any atom is 0.241 e. The first-order chi connectivity index (χ1) is 14.0. The Labute approximate surface area is 179 Å². The molecule has 1 aliphatic heterocycles. The summed E-state index contributed by atoms with van der Waals surface area (Å²) in [6, 6.07) is 7.00. The van der Waals surface area contributed by atoms with Crippen molar-refractivity contribution in [2.45, 2.75) is 44.3 Å². The van der Waals surface area contributed by atoms with Crippen molar-refractivity contribution in [2.24, 2.45) is 16.0 Å². The fourth-order valence-electron chi connectivity index (χ4n) is 3.21. The number of carbonyl (C=O) groups is 1. The van der Waals surface area contributed by atoms with Gasteiger partial charge in [-0.2, -0.15) is 0 Å². The Morgan fingerprint density at radius 3 is 2.40 bits per heavy atom. The summed E-state index contributed by atoms with van der Waals surface area (Å²) >= 11 is 0. The number of hydrogen-bond donors (Lipinski definition) is 3. The molecule has 1 aromatic carbocycles. The zero-order valence-electron chi connectivity index (χ0n) is 18.4. The molecule has 0 radical (unpaired) electrons. The quantitative estimate of drug-likeness (QED) is 0.413. The first-order valence-electron chi connectivity index (χ1n) is 10.1. The van der Waals surface area contributed by atoms with Gasteiger partial charge in [-0.05, 0) is 37.5 Å². The smallest absolute Gasteiger partial charge is 0.241 e. The topological polar surface area (TPSA) is 120 Å². The summed E-state index contributed by atoms with van der Waals surface area (Å²) in [5.41, 5.74) is 0.839. The van der Waals surface area contributed by atoms with E-state index in [0.29, 0.717) is 24.5 Å². The number of rotatable bonds is 7. The van der Waals surface area contributed by atoms with Crippen molar-refractivity contribution in [1.82, 2.24) is 20.4 Å². The number of nitrogens with one attached hydrogen (secondary N) is 2. The Bertz CT molecular complexity index is 852. The Morgan fingerprint density at radius 2 is 1.90 bits per heavy atom. The molecule has 2 rings (SSSR count). The third-order valence-electron chi connectivity index (χ3n) is 5.27. The van der Waals surface area contributed by atoms with Gasteiger partial charge in [-0.3, -0.25) is 9.69 Å². The molecule has 168 valence electrons. The number of nitrogens with two attached hydrogens (primary N) is 1. The number of likely N-dealkylation sites (N-methyl/N-ethyl adjacent to an activating group) is 1. The van der Waals surface area contributed by atoms with Crippen LogP contribution < -0.4 is 15.8 Å². The number of primary sulfonamides is 1. The average molecular weight is 439 g/mol. The van der Waals surface area contributed by atoms with Gasteiger partial charge in [-0.15, -0.1) is 0 Å². The summed E-state index contributed by atoms with van der Waals surface area (Å²) in [5.74, 6) is 0.950. The number of guanidine groups is 1. The van der Waals surface area contributed by atoms with Crippen LogP contribution in [0.2, 0.25) is 0 Å². The van der Waals surface area contributed by atoms with Crippen LogP contribution in [0.1, 0.15) is 26.3 Å². The van der Waals surface area contributed by atoms with E-state index in [4.69, 9.17) is 5.14 Å². The summed E-state index contributed by atoms with van der Waals surface area (Å²) < 4.78 is 22.8. The zero-order valence-corrected chi connectivity index (χ0v) is 19.2. The lowest BCUT2D eigenvalue weighted by molar-refractivity contribution is -0.127. The van der Waals surface area contributed by atoms with Gasteiger partial charge in [0.2, 0.25) is 15.9 Å². The summed E-state index contributed by atoms with van der Waals surface area (Å²) in [4.78, 5) is 20.6. The highest BCUT2D eigenvalue weighted by Crippen LogP contribution is 2.18. The summed E-state index contributed by atoms with van der Waals surface area (Å²) in [5, 5.41) is 11.7. The second-order valence-corrected chi connectivity index (χ2v) is 9.83. The molecule has 1 saturated heterocycles. The molecule has 0 aromatic heterocycles. The van der Waals surface area contributed by atoms with Gasteiger partial charge < -0.3 is 15.5 Å². The molecule has 1 fully saturated rings. The first-order valence-corrected chi connectivity index (χ1v) is 11.6. The third-order valence-corrected chi connectivity index (χ3v) is 6.20. The highest BCUT2D eigenvalue weighted by molar-refractivity contribution is 7.89. The highest BCUT2D eigenvalue weighted by atomic mass is 32.2. The molecule has 4 N–H and O–H groups in total. The molecule has 9 nitrogen and oxygen atoms in total. The molecule has 1 aromatic rings. The maximum atomic E-state index is 12.0. The molecule has 10 heteroatoms. The molecule has 2 unspecified atom stereocenters. The number of amides is 1. The lowest BCUT2D eigenvalue weighted by Crippen LogP contribution is -2.49. The summed E-state index contributed by atoms with van der Waals surface area (Å²) in [7, 11) is -0.300. The molecule has 0 bridgehead atoms. The minimum atomic E-state index is -3.72. The molecule has 1 aliphatic rings. The van der Waals surface area contributed by atoms with Crippen molar-refractivity contribution in [3.63, 3.8) is 0 Å². The van der Waals surface area contributed by atoms with E-state index < -0.39 is 10.0 Å². The number of sulfonamides is 1. The Kier molecular flexibility index (Phi) is 8.22. The van der Waals surface area contributed by atoms with Gasteiger partial charge in [0, 0.05) is 39.3 Å². The van der Waals surface area contributed by atoms with Crippen LogP contribution in [-0.2, 0) is 21.4 Å². The predicted molar refractivity (Wildman–Crippen MR) is 118 cm³/mol. The second kappa shape index (κ2) is 10.2. The fraction of sp³-hybridized carbons (Fsp3) is 0.600. The Morgan fingerprint density at radius 1 is 1.27 bits per heavy atom. The van der Waals surface area contributed by atoms with Gasteiger partial charge in [-0.25, -0.2) is 18.5 Å². The van der Waals surface area contributed by atoms with Crippen molar-refractivity contribution in [2.75, 3.05) is 33.7 Å². The van der Waals surface area contributed by atoms with Crippen LogP contribution in [0.5, 0.6) is 0 Å². The van der Waals surface area contributed by atoms with E-state index in [2.05, 4.69) is 41.3 Å². The van der Waals surface area contributed by atoms with E-state index in [1.165, 1.54) is 17.0 Å². The van der Waals surface area contributed by atoms with Gasteiger partial charge in [0.15, 0.2) is 5.96 Å². The number of aliphatic imine (C=N–C) groups is 1. The van der Waals surface area contributed by atoms with Gasteiger partial charge in [0.1, 0.15) is 0 Å². The Balaban J connectivity index is 2.11. The maximum absolute atomic E-state index is 12.0. The van der Waals surface area contributed by atoms with Crippen LogP contribution >= 0.6 is 0 Å². The van der Waals surface area contributed by atoms with Crippen LogP contribution in [0.15, 0.2) is 34.2 Å². The van der Waals surface area contributed by atoms with E-state index in [1.807, 2.05) is 0 Å². The number of likely N-dealkylation sites (tertiary alicyclic amines) is 1. The molecular formula is C20H34N6O3S. The summed E-state index contributed by atoms with van der Waals surface area (Å²) in [6.07, 6.45) is 0.